The van der Waals surface area contributed by atoms with Crippen LogP contribution in [0.1, 0.15) is 11.6 Å². The van der Waals surface area contributed by atoms with Gasteiger partial charge in [0, 0.05) is 0 Å². The summed E-state index contributed by atoms with van der Waals surface area (Å²) in [5, 5.41) is 0. The van der Waals surface area contributed by atoms with Crippen LogP contribution in [0.5, 0.6) is 0 Å². The average molecular weight is 203 g/mol. The third kappa shape index (κ3) is 1.75. The second-order valence-corrected chi connectivity index (χ2v) is 3.16. The zero-order valence-corrected chi connectivity index (χ0v) is 7.92. The fourth-order valence-electron chi connectivity index (χ4n) is 1.56. The lowest BCUT2D eigenvalue weighted by Gasteiger charge is -2.15. The Balaban J connectivity index is 2.30. The highest BCUT2D eigenvalue weighted by Crippen LogP contribution is 2.26. The second-order valence-electron chi connectivity index (χ2n) is 3.16. The van der Waals surface area contributed by atoms with Gasteiger partial charge in [0.2, 0.25) is 0 Å². The lowest BCUT2D eigenvalue weighted by atomic mass is 10.1. The molecule has 0 spiro atoms. The van der Waals surface area contributed by atoms with Gasteiger partial charge in [-0.1, -0.05) is 30.3 Å². The van der Waals surface area contributed by atoms with Gasteiger partial charge in [-0.3, -0.25) is 4.90 Å². The molecule has 1 amide bonds. The predicted octanol–water partition coefficient (Wildman–Crippen LogP) is 1.53. The molecule has 1 saturated heterocycles. The summed E-state index contributed by atoms with van der Waals surface area (Å²) in [6.45, 7) is 0.265. The number of rotatable bonds is 2. The molecule has 1 fully saturated rings. The van der Waals surface area contributed by atoms with Crippen molar-refractivity contribution in [2.45, 2.75) is 6.04 Å². The van der Waals surface area contributed by atoms with Crippen molar-refractivity contribution in [1.29, 1.82) is 0 Å². The van der Waals surface area contributed by atoms with Crippen LogP contribution in [-0.4, -0.2) is 23.5 Å². The van der Waals surface area contributed by atoms with E-state index in [2.05, 4.69) is 0 Å². The molecule has 1 atom stereocenters. The van der Waals surface area contributed by atoms with Crippen LogP contribution in [0.15, 0.2) is 36.5 Å². The van der Waals surface area contributed by atoms with E-state index >= 15 is 0 Å². The van der Waals surface area contributed by atoms with Crippen molar-refractivity contribution in [3.63, 3.8) is 0 Å². The zero-order valence-electron chi connectivity index (χ0n) is 7.92. The molecular weight excluding hydrogens is 194 g/mol. The van der Waals surface area contributed by atoms with Crippen LogP contribution < -0.4 is 0 Å². The average Bonchev–Trinajstić information content (AvgIpc) is 2.63. The molecule has 0 bridgehead atoms. The minimum absolute atomic E-state index is 0.222. The first-order valence-corrected chi connectivity index (χ1v) is 4.54. The Morgan fingerprint density at radius 3 is 2.80 bits per heavy atom. The van der Waals surface area contributed by atoms with Gasteiger partial charge in [-0.25, -0.2) is 9.59 Å². The molecule has 0 radical (unpaired) electrons. The predicted molar refractivity (Wildman–Crippen MR) is 52.6 cm³/mol. The molecule has 0 N–H and O–H groups in total. The molecule has 4 nitrogen and oxygen atoms in total. The summed E-state index contributed by atoms with van der Waals surface area (Å²) in [6, 6.07) is 9.19. The normalized spacial score (nSPS) is 19.6. The van der Waals surface area contributed by atoms with Crippen molar-refractivity contribution < 1.29 is 14.3 Å². The quantitative estimate of drug-likeness (QED) is 0.685. The highest BCUT2D eigenvalue weighted by molar-refractivity contribution is 5.73. The number of cyclic esters (lactones) is 1. The first-order valence-electron chi connectivity index (χ1n) is 4.54. The van der Waals surface area contributed by atoms with Crippen molar-refractivity contribution in [2.75, 3.05) is 6.61 Å². The summed E-state index contributed by atoms with van der Waals surface area (Å²) < 4.78 is 4.86. The lowest BCUT2D eigenvalue weighted by Crippen LogP contribution is -2.21. The Morgan fingerprint density at radius 1 is 1.40 bits per heavy atom. The van der Waals surface area contributed by atoms with Crippen molar-refractivity contribution in [1.82, 2.24) is 4.90 Å². The summed E-state index contributed by atoms with van der Waals surface area (Å²) in [7, 11) is 0. The number of carbonyl (C=O) groups excluding carboxylic acids is 2. The largest absolute Gasteiger partial charge is 0.447 e. The molecule has 1 aromatic carbocycles. The number of ether oxygens (including phenoxy) is 1. The third-order valence-corrected chi connectivity index (χ3v) is 2.29. The fraction of sp³-hybridized carbons (Fsp3) is 0.182. The van der Waals surface area contributed by atoms with Crippen LogP contribution in [0.4, 0.5) is 4.79 Å². The summed E-state index contributed by atoms with van der Waals surface area (Å²) in [4.78, 5) is 22.7. The molecule has 1 unspecified atom stereocenters. The topological polar surface area (TPSA) is 46.6 Å². The minimum atomic E-state index is -0.507. The molecule has 2 rings (SSSR count). The van der Waals surface area contributed by atoms with Gasteiger partial charge in [0.05, 0.1) is 12.2 Å². The van der Waals surface area contributed by atoms with Gasteiger partial charge in [0.1, 0.15) is 12.5 Å². The zero-order chi connectivity index (χ0) is 10.7. The number of hydrogen-bond acceptors (Lipinski definition) is 3. The maximum atomic E-state index is 11.2. The van der Waals surface area contributed by atoms with E-state index in [4.69, 9.17) is 4.74 Å². The Bertz CT molecular complexity index is 409. The van der Waals surface area contributed by atoms with E-state index in [1.165, 1.54) is 4.90 Å². The highest BCUT2D eigenvalue weighted by Gasteiger charge is 2.32. The number of amides is 1. The van der Waals surface area contributed by atoms with E-state index in [1.807, 2.05) is 30.3 Å². The van der Waals surface area contributed by atoms with E-state index < -0.39 is 6.09 Å². The summed E-state index contributed by atoms with van der Waals surface area (Å²) in [5.74, 6) is 1.59. The van der Waals surface area contributed by atoms with Crippen molar-refractivity contribution in [3.05, 3.63) is 42.1 Å². The molecule has 1 heterocycles. The van der Waals surface area contributed by atoms with Gasteiger partial charge >= 0.3 is 6.09 Å². The number of carbonyl (C=O) groups is 1. The van der Waals surface area contributed by atoms with Crippen molar-refractivity contribution >= 4 is 12.0 Å². The van der Waals surface area contributed by atoms with Crippen LogP contribution >= 0.6 is 0 Å². The Morgan fingerprint density at radius 2 is 2.13 bits per heavy atom. The standard InChI is InChI=1S/C11H9NO3/c13-7-6-12-10(8-15-11(12)14)9-4-2-1-3-5-9/h1-6,10H,8H2. The molecule has 0 aliphatic carbocycles. The fourth-order valence-corrected chi connectivity index (χ4v) is 1.56. The van der Waals surface area contributed by atoms with Gasteiger partial charge in [0.25, 0.3) is 0 Å². The third-order valence-electron chi connectivity index (χ3n) is 2.29. The van der Waals surface area contributed by atoms with E-state index in [9.17, 15) is 9.59 Å². The molecule has 1 aliphatic rings. The summed E-state index contributed by atoms with van der Waals surface area (Å²) in [6.07, 6.45) is 0.569. The lowest BCUT2D eigenvalue weighted by molar-refractivity contribution is 0.166. The molecule has 15 heavy (non-hydrogen) atoms. The molecule has 1 aromatic rings. The first kappa shape index (κ1) is 9.49. The number of nitrogens with zero attached hydrogens (tertiary/aromatic N) is 1. The summed E-state index contributed by atoms with van der Waals surface area (Å²) in [5.41, 5.74) is 0.940. The van der Waals surface area contributed by atoms with E-state index in [0.717, 1.165) is 11.8 Å². The molecule has 76 valence electrons. The first-order chi connectivity index (χ1) is 7.33. The Labute approximate surface area is 86.8 Å². The van der Waals surface area contributed by atoms with Crippen LogP contribution in [0.3, 0.4) is 0 Å². The van der Waals surface area contributed by atoms with E-state index in [0.29, 0.717) is 0 Å². The van der Waals surface area contributed by atoms with Crippen LogP contribution in [0, 0.1) is 0 Å². The highest BCUT2D eigenvalue weighted by atomic mass is 16.6. The molecular formula is C11H9NO3. The number of hydrogen-bond donors (Lipinski definition) is 0. The SMILES string of the molecule is O=C=CN1C(=O)OCC1c1ccccc1. The number of benzene rings is 1. The maximum Gasteiger partial charge on any atom is 0.415 e. The smallest absolute Gasteiger partial charge is 0.415 e. The van der Waals surface area contributed by atoms with Gasteiger partial charge in [-0.05, 0) is 5.56 Å². The maximum absolute atomic E-state index is 11.2. The van der Waals surface area contributed by atoms with Crippen LogP contribution in [-0.2, 0) is 9.53 Å². The second kappa shape index (κ2) is 3.98. The van der Waals surface area contributed by atoms with Gasteiger partial charge in [-0.15, -0.1) is 0 Å². The van der Waals surface area contributed by atoms with E-state index in [1.54, 1.807) is 5.94 Å². The molecule has 1 aliphatic heterocycles. The van der Waals surface area contributed by atoms with Crippen LogP contribution in [0.2, 0.25) is 0 Å². The monoisotopic (exact) mass is 203 g/mol. The van der Waals surface area contributed by atoms with Crippen molar-refractivity contribution in [3.8, 4) is 0 Å². The molecule has 0 saturated carbocycles. The Kier molecular flexibility index (Phi) is 2.52. The van der Waals surface area contributed by atoms with Gasteiger partial charge in [-0.2, -0.15) is 0 Å². The van der Waals surface area contributed by atoms with Gasteiger partial charge in [0.15, 0.2) is 0 Å². The minimum Gasteiger partial charge on any atom is -0.447 e. The molecule has 0 aromatic heterocycles. The van der Waals surface area contributed by atoms with E-state index in [-0.39, 0.29) is 12.6 Å². The van der Waals surface area contributed by atoms with Crippen LogP contribution in [0.25, 0.3) is 0 Å². The van der Waals surface area contributed by atoms with Crippen molar-refractivity contribution in [2.24, 2.45) is 0 Å². The summed E-state index contributed by atoms with van der Waals surface area (Å²) >= 11 is 0. The Hall–Kier alpha value is -2.06. The van der Waals surface area contributed by atoms with Gasteiger partial charge < -0.3 is 4.74 Å². The molecule has 4 heteroatoms.